The topological polar surface area (TPSA) is 20.3 Å². The summed E-state index contributed by atoms with van der Waals surface area (Å²) >= 11 is 4.24. The van der Waals surface area contributed by atoms with Crippen molar-refractivity contribution in [3.63, 3.8) is 0 Å². The lowest BCUT2D eigenvalue weighted by molar-refractivity contribution is -0.117. The van der Waals surface area contributed by atoms with Crippen molar-refractivity contribution in [1.29, 1.82) is 0 Å². The molecule has 15 heavy (non-hydrogen) atoms. The van der Waals surface area contributed by atoms with Gasteiger partial charge in [0, 0.05) is 29.5 Å². The molecule has 1 aromatic rings. The summed E-state index contributed by atoms with van der Waals surface area (Å²) in [5, 5.41) is 0. The monoisotopic (exact) mass is 217 g/mol. The van der Waals surface area contributed by atoms with Gasteiger partial charge in [-0.05, 0) is 18.2 Å². The summed E-state index contributed by atoms with van der Waals surface area (Å²) < 4.78 is 0. The molecule has 0 N–H and O–H groups in total. The summed E-state index contributed by atoms with van der Waals surface area (Å²) in [6.45, 7) is 0.618. The zero-order valence-electron chi connectivity index (χ0n) is 8.18. The minimum absolute atomic E-state index is 0.0427. The third-order valence-electron chi connectivity index (χ3n) is 2.50. The van der Waals surface area contributed by atoms with Gasteiger partial charge in [-0.1, -0.05) is 6.07 Å². The Morgan fingerprint density at radius 2 is 2.33 bits per heavy atom. The second-order valence-corrected chi connectivity index (χ2v) is 4.11. The van der Waals surface area contributed by atoms with Crippen LogP contribution in [0.25, 0.3) is 0 Å². The molecule has 1 heterocycles. The molecular weight excluding hydrogens is 206 g/mol. The first-order valence-corrected chi connectivity index (χ1v) is 5.21. The minimum Gasteiger partial charge on any atom is -0.311 e. The van der Waals surface area contributed by atoms with Gasteiger partial charge < -0.3 is 4.90 Å². The van der Waals surface area contributed by atoms with Crippen molar-refractivity contribution in [2.75, 3.05) is 11.4 Å². The van der Waals surface area contributed by atoms with Crippen molar-refractivity contribution < 1.29 is 4.79 Å². The number of carbonyl (C=O) groups excluding carboxylic acids is 1. The van der Waals surface area contributed by atoms with Crippen LogP contribution in [0.1, 0.15) is 6.42 Å². The number of benzene rings is 1. The van der Waals surface area contributed by atoms with Crippen molar-refractivity contribution in [3.8, 4) is 12.3 Å². The van der Waals surface area contributed by atoms with Crippen LogP contribution in [-0.2, 0) is 4.79 Å². The number of anilines is 1. The second kappa shape index (κ2) is 4.00. The molecule has 1 atom stereocenters. The second-order valence-electron chi connectivity index (χ2n) is 3.59. The molecule has 76 valence electrons. The summed E-state index contributed by atoms with van der Waals surface area (Å²) in [7, 11) is 0. The van der Waals surface area contributed by atoms with Crippen molar-refractivity contribution in [1.82, 2.24) is 0 Å². The maximum absolute atomic E-state index is 11.7. The summed E-state index contributed by atoms with van der Waals surface area (Å²) in [5.74, 6) is 2.76. The average molecular weight is 217 g/mol. The lowest BCUT2D eigenvalue weighted by Gasteiger charge is -2.16. The van der Waals surface area contributed by atoms with E-state index >= 15 is 0 Å². The van der Waals surface area contributed by atoms with E-state index in [-0.39, 0.29) is 11.8 Å². The van der Waals surface area contributed by atoms with Gasteiger partial charge in [0.2, 0.25) is 5.91 Å². The first-order chi connectivity index (χ1) is 7.20. The maximum atomic E-state index is 11.7. The van der Waals surface area contributed by atoms with Crippen LogP contribution in [0.3, 0.4) is 0 Å². The third kappa shape index (κ3) is 2.00. The van der Waals surface area contributed by atoms with E-state index in [2.05, 4.69) is 18.5 Å². The van der Waals surface area contributed by atoms with E-state index in [0.717, 1.165) is 10.6 Å². The highest BCUT2D eigenvalue weighted by molar-refractivity contribution is 7.80. The standard InChI is InChI=1S/C12H11NOS/c1-2-9-6-12(14)13(8-9)10-4-3-5-11(15)7-10/h1,3-5,7,9,15H,6,8H2. The largest absolute Gasteiger partial charge is 0.311 e. The average Bonchev–Trinajstić information content (AvgIpc) is 2.60. The SMILES string of the molecule is C#CC1CC(=O)N(c2cccc(S)c2)C1. The van der Waals surface area contributed by atoms with E-state index in [4.69, 9.17) is 6.42 Å². The van der Waals surface area contributed by atoms with E-state index in [0.29, 0.717) is 13.0 Å². The quantitative estimate of drug-likeness (QED) is 0.563. The molecule has 1 saturated heterocycles. The van der Waals surface area contributed by atoms with E-state index in [9.17, 15) is 4.79 Å². The first kappa shape index (κ1) is 10.1. The summed E-state index contributed by atoms with van der Waals surface area (Å²) in [6, 6.07) is 7.54. The highest BCUT2D eigenvalue weighted by Crippen LogP contribution is 2.26. The molecule has 3 heteroatoms. The number of rotatable bonds is 1. The molecule has 0 spiro atoms. The maximum Gasteiger partial charge on any atom is 0.228 e. The Kier molecular flexibility index (Phi) is 2.70. The molecule has 0 saturated carbocycles. The Labute approximate surface area is 94.7 Å². The van der Waals surface area contributed by atoms with Crippen LogP contribution in [0.5, 0.6) is 0 Å². The Morgan fingerprint density at radius 1 is 1.53 bits per heavy atom. The molecule has 2 rings (SSSR count). The number of nitrogens with zero attached hydrogens (tertiary/aromatic N) is 1. The van der Waals surface area contributed by atoms with Crippen LogP contribution in [0, 0.1) is 18.3 Å². The molecule has 1 aliphatic rings. The van der Waals surface area contributed by atoms with E-state index in [1.54, 1.807) is 4.90 Å². The van der Waals surface area contributed by atoms with Crippen molar-refractivity contribution in [2.45, 2.75) is 11.3 Å². The fourth-order valence-corrected chi connectivity index (χ4v) is 1.95. The predicted molar refractivity (Wildman–Crippen MR) is 63.0 cm³/mol. The highest BCUT2D eigenvalue weighted by atomic mass is 32.1. The summed E-state index contributed by atoms with van der Waals surface area (Å²) in [5.41, 5.74) is 0.880. The predicted octanol–water partition coefficient (Wildman–Crippen LogP) is 1.96. The van der Waals surface area contributed by atoms with Gasteiger partial charge in [-0.15, -0.1) is 25.0 Å². The summed E-state index contributed by atoms with van der Waals surface area (Å²) in [6.07, 6.45) is 5.77. The Bertz CT molecular complexity index is 435. The first-order valence-electron chi connectivity index (χ1n) is 4.76. The van der Waals surface area contributed by atoms with Gasteiger partial charge in [-0.25, -0.2) is 0 Å². The normalized spacial score (nSPS) is 20.4. The molecule has 1 aromatic carbocycles. The Hall–Kier alpha value is -1.40. The number of carbonyl (C=O) groups is 1. The van der Waals surface area contributed by atoms with Gasteiger partial charge >= 0.3 is 0 Å². The van der Waals surface area contributed by atoms with Crippen LogP contribution in [0.4, 0.5) is 5.69 Å². The molecule has 2 nitrogen and oxygen atoms in total. The molecule has 1 aliphatic heterocycles. The number of thiol groups is 1. The van der Waals surface area contributed by atoms with Crippen LogP contribution < -0.4 is 4.90 Å². The van der Waals surface area contributed by atoms with Crippen LogP contribution in [0.2, 0.25) is 0 Å². The van der Waals surface area contributed by atoms with Gasteiger partial charge in [0.15, 0.2) is 0 Å². The molecule has 1 amide bonds. The fourth-order valence-electron chi connectivity index (χ4n) is 1.73. The van der Waals surface area contributed by atoms with Crippen molar-refractivity contribution in [2.24, 2.45) is 5.92 Å². The lowest BCUT2D eigenvalue weighted by Crippen LogP contribution is -2.24. The Balaban J connectivity index is 2.26. The number of terminal acetylenes is 1. The molecule has 0 bridgehead atoms. The minimum atomic E-state index is 0.0427. The molecule has 0 aliphatic carbocycles. The number of amides is 1. The smallest absolute Gasteiger partial charge is 0.228 e. The van der Waals surface area contributed by atoms with E-state index < -0.39 is 0 Å². The number of hydrogen-bond donors (Lipinski definition) is 1. The van der Waals surface area contributed by atoms with Gasteiger partial charge in [0.1, 0.15) is 0 Å². The van der Waals surface area contributed by atoms with Gasteiger partial charge in [0.25, 0.3) is 0 Å². The molecule has 0 radical (unpaired) electrons. The van der Waals surface area contributed by atoms with E-state index in [1.807, 2.05) is 24.3 Å². The van der Waals surface area contributed by atoms with Crippen LogP contribution in [0.15, 0.2) is 29.2 Å². The van der Waals surface area contributed by atoms with Crippen molar-refractivity contribution >= 4 is 24.2 Å². The summed E-state index contributed by atoms with van der Waals surface area (Å²) in [4.78, 5) is 14.2. The fraction of sp³-hybridized carbons (Fsp3) is 0.250. The van der Waals surface area contributed by atoms with E-state index in [1.165, 1.54) is 0 Å². The molecule has 0 aromatic heterocycles. The zero-order chi connectivity index (χ0) is 10.8. The van der Waals surface area contributed by atoms with Crippen LogP contribution in [-0.4, -0.2) is 12.5 Å². The van der Waals surface area contributed by atoms with Crippen LogP contribution >= 0.6 is 12.6 Å². The molecule has 1 unspecified atom stereocenters. The third-order valence-corrected chi connectivity index (χ3v) is 2.78. The highest BCUT2D eigenvalue weighted by Gasteiger charge is 2.29. The van der Waals surface area contributed by atoms with Gasteiger partial charge in [-0.3, -0.25) is 4.79 Å². The zero-order valence-corrected chi connectivity index (χ0v) is 9.08. The van der Waals surface area contributed by atoms with Crippen molar-refractivity contribution in [3.05, 3.63) is 24.3 Å². The molecular formula is C12H11NOS. The lowest BCUT2D eigenvalue weighted by atomic mass is 10.1. The number of hydrogen-bond acceptors (Lipinski definition) is 2. The Morgan fingerprint density at radius 3 is 2.93 bits per heavy atom. The molecule has 1 fully saturated rings. The van der Waals surface area contributed by atoms with Gasteiger partial charge in [-0.2, -0.15) is 0 Å². The van der Waals surface area contributed by atoms with Gasteiger partial charge in [0.05, 0.1) is 0 Å².